The molecule has 2 rings (SSSR count). The van der Waals surface area contributed by atoms with Crippen molar-refractivity contribution in [3.05, 3.63) is 70.7 Å². The Labute approximate surface area is 132 Å². The van der Waals surface area contributed by atoms with Crippen LogP contribution in [0.4, 0.5) is 10.5 Å². The zero-order valence-corrected chi connectivity index (χ0v) is 13.2. The van der Waals surface area contributed by atoms with Gasteiger partial charge in [-0.3, -0.25) is 5.32 Å². The zero-order valence-electron chi connectivity index (χ0n) is 11.6. The minimum atomic E-state index is -0.470. The lowest BCUT2D eigenvalue weighted by molar-refractivity contribution is 0.142. The molecular weight excluding hydrogens is 330 g/mol. The van der Waals surface area contributed by atoms with E-state index in [1.54, 1.807) is 12.1 Å². The predicted molar refractivity (Wildman–Crippen MR) is 89.2 cm³/mol. The van der Waals surface area contributed by atoms with E-state index in [-0.39, 0.29) is 6.10 Å². The molecule has 0 bridgehead atoms. The molecule has 1 N–H and O–H groups in total. The van der Waals surface area contributed by atoms with Gasteiger partial charge in [0.15, 0.2) is 0 Å². The highest BCUT2D eigenvalue weighted by molar-refractivity contribution is 9.10. The molecule has 1 amide bonds. The minimum Gasteiger partial charge on any atom is -0.442 e. The largest absolute Gasteiger partial charge is 0.442 e. The predicted octanol–water partition coefficient (Wildman–Crippen LogP) is 5.10. The summed E-state index contributed by atoms with van der Waals surface area (Å²) in [4.78, 5) is 11.7. The van der Waals surface area contributed by atoms with Crippen LogP contribution < -0.4 is 5.32 Å². The van der Waals surface area contributed by atoms with E-state index in [9.17, 15) is 4.79 Å². The van der Waals surface area contributed by atoms with Gasteiger partial charge in [0.05, 0.1) is 0 Å². The second-order valence-corrected chi connectivity index (χ2v) is 5.43. The van der Waals surface area contributed by atoms with Crippen molar-refractivity contribution in [2.45, 2.75) is 13.0 Å². The summed E-state index contributed by atoms with van der Waals surface area (Å²) < 4.78 is 6.22. The summed E-state index contributed by atoms with van der Waals surface area (Å²) >= 11 is 3.34. The third-order valence-electron chi connectivity index (χ3n) is 2.74. The Balaban J connectivity index is 1.84. The van der Waals surface area contributed by atoms with Gasteiger partial charge in [-0.2, -0.15) is 0 Å². The number of ether oxygens (including phenoxy) is 1. The number of carbonyl (C=O) groups is 1. The normalized spacial score (nSPS) is 12.1. The summed E-state index contributed by atoms with van der Waals surface area (Å²) in [7, 11) is 0. The Kier molecular flexibility index (Phi) is 5.58. The summed E-state index contributed by atoms with van der Waals surface area (Å²) in [5, 5.41) is 2.68. The number of rotatable bonds is 4. The topological polar surface area (TPSA) is 38.3 Å². The van der Waals surface area contributed by atoms with Crippen molar-refractivity contribution < 1.29 is 9.53 Å². The molecule has 0 saturated carbocycles. The van der Waals surface area contributed by atoms with Gasteiger partial charge >= 0.3 is 6.09 Å². The first-order valence-electron chi connectivity index (χ1n) is 6.60. The maximum atomic E-state index is 11.7. The van der Waals surface area contributed by atoms with Gasteiger partial charge in [-0.15, -0.1) is 0 Å². The molecule has 0 spiro atoms. The zero-order chi connectivity index (χ0) is 15.1. The SMILES string of the molecule is C[C@H](/C=C/c1ccccc1)OC(=O)Nc1ccc(Br)cc1. The molecule has 0 aliphatic rings. The third-order valence-corrected chi connectivity index (χ3v) is 3.27. The van der Waals surface area contributed by atoms with Gasteiger partial charge in [0, 0.05) is 10.2 Å². The highest BCUT2D eigenvalue weighted by Gasteiger charge is 2.06. The first kappa shape index (κ1) is 15.3. The van der Waals surface area contributed by atoms with Gasteiger partial charge in [0.1, 0.15) is 6.10 Å². The number of nitrogens with one attached hydrogen (secondary N) is 1. The summed E-state index contributed by atoms with van der Waals surface area (Å²) in [6.07, 6.45) is 3.00. The maximum absolute atomic E-state index is 11.7. The van der Waals surface area contributed by atoms with Crippen LogP contribution in [0.25, 0.3) is 6.08 Å². The molecule has 3 nitrogen and oxygen atoms in total. The summed E-state index contributed by atoms with van der Waals surface area (Å²) in [5.74, 6) is 0. The molecule has 0 heterocycles. The molecule has 108 valence electrons. The molecule has 0 saturated heterocycles. The average molecular weight is 346 g/mol. The Morgan fingerprint density at radius 2 is 1.81 bits per heavy atom. The highest BCUT2D eigenvalue weighted by atomic mass is 79.9. The fraction of sp³-hybridized carbons (Fsp3) is 0.118. The minimum absolute atomic E-state index is 0.305. The number of amides is 1. The Hall–Kier alpha value is -2.07. The van der Waals surface area contributed by atoms with E-state index >= 15 is 0 Å². The van der Waals surface area contributed by atoms with Gasteiger partial charge in [-0.25, -0.2) is 4.79 Å². The van der Waals surface area contributed by atoms with Crippen LogP contribution in [0.2, 0.25) is 0 Å². The molecule has 4 heteroatoms. The maximum Gasteiger partial charge on any atom is 0.412 e. The number of hydrogen-bond donors (Lipinski definition) is 1. The van der Waals surface area contributed by atoms with Gasteiger partial charge in [-0.1, -0.05) is 52.3 Å². The van der Waals surface area contributed by atoms with Crippen LogP contribution in [0.3, 0.4) is 0 Å². The monoisotopic (exact) mass is 345 g/mol. The van der Waals surface area contributed by atoms with Crippen molar-refractivity contribution in [1.29, 1.82) is 0 Å². The molecule has 0 fully saturated rings. The quantitative estimate of drug-likeness (QED) is 0.836. The Bertz CT molecular complexity index is 608. The second-order valence-electron chi connectivity index (χ2n) is 4.51. The van der Waals surface area contributed by atoms with Crippen LogP contribution in [-0.2, 0) is 4.74 Å². The van der Waals surface area contributed by atoms with E-state index in [1.807, 2.05) is 61.5 Å². The van der Waals surface area contributed by atoms with Gasteiger partial charge < -0.3 is 4.74 Å². The third kappa shape index (κ3) is 5.44. The molecule has 2 aromatic rings. The van der Waals surface area contributed by atoms with E-state index in [1.165, 1.54) is 0 Å². The number of anilines is 1. The summed E-state index contributed by atoms with van der Waals surface area (Å²) in [5.41, 5.74) is 1.77. The fourth-order valence-corrected chi connectivity index (χ4v) is 1.96. The lowest BCUT2D eigenvalue weighted by Gasteiger charge is -2.10. The lowest BCUT2D eigenvalue weighted by atomic mass is 10.2. The molecule has 0 unspecified atom stereocenters. The Morgan fingerprint density at radius 3 is 2.48 bits per heavy atom. The van der Waals surface area contributed by atoms with Gasteiger partial charge in [0.2, 0.25) is 0 Å². The van der Waals surface area contributed by atoms with E-state index in [4.69, 9.17) is 4.74 Å². The van der Waals surface area contributed by atoms with Crippen LogP contribution in [0, 0.1) is 0 Å². The second kappa shape index (κ2) is 7.64. The summed E-state index contributed by atoms with van der Waals surface area (Å²) in [6, 6.07) is 17.2. The van der Waals surface area contributed by atoms with E-state index in [2.05, 4.69) is 21.2 Å². The molecule has 0 aliphatic carbocycles. The van der Waals surface area contributed by atoms with Crippen LogP contribution in [0.15, 0.2) is 65.1 Å². The molecular formula is C17H16BrNO2. The molecule has 0 aliphatic heterocycles. The molecule has 0 radical (unpaired) electrons. The van der Waals surface area contributed by atoms with E-state index in [0.29, 0.717) is 5.69 Å². The molecule has 2 aromatic carbocycles. The van der Waals surface area contributed by atoms with Gasteiger partial charge in [0.25, 0.3) is 0 Å². The first-order chi connectivity index (χ1) is 10.1. The van der Waals surface area contributed by atoms with Crippen molar-refractivity contribution in [3.8, 4) is 0 Å². The van der Waals surface area contributed by atoms with Crippen molar-refractivity contribution in [1.82, 2.24) is 0 Å². The standard InChI is InChI=1S/C17H16BrNO2/c1-13(7-8-14-5-3-2-4-6-14)21-17(20)19-16-11-9-15(18)10-12-16/h2-13H,1H3,(H,19,20)/b8-7+/t13-/m1/s1. The number of benzene rings is 2. The summed E-state index contributed by atoms with van der Waals surface area (Å²) in [6.45, 7) is 1.82. The van der Waals surface area contributed by atoms with Crippen molar-refractivity contribution in [3.63, 3.8) is 0 Å². The van der Waals surface area contributed by atoms with Crippen LogP contribution in [0.5, 0.6) is 0 Å². The van der Waals surface area contributed by atoms with E-state index < -0.39 is 6.09 Å². The molecule has 1 atom stereocenters. The van der Waals surface area contributed by atoms with Crippen LogP contribution in [0.1, 0.15) is 12.5 Å². The van der Waals surface area contributed by atoms with Crippen molar-refractivity contribution in [2.24, 2.45) is 0 Å². The van der Waals surface area contributed by atoms with Crippen LogP contribution >= 0.6 is 15.9 Å². The fourth-order valence-electron chi connectivity index (χ4n) is 1.70. The lowest BCUT2D eigenvalue weighted by Crippen LogP contribution is -2.18. The average Bonchev–Trinajstić information content (AvgIpc) is 2.48. The Morgan fingerprint density at radius 1 is 1.14 bits per heavy atom. The van der Waals surface area contributed by atoms with E-state index in [0.717, 1.165) is 10.0 Å². The number of carbonyl (C=O) groups excluding carboxylic acids is 1. The van der Waals surface area contributed by atoms with Crippen molar-refractivity contribution in [2.75, 3.05) is 5.32 Å². The van der Waals surface area contributed by atoms with Crippen molar-refractivity contribution >= 4 is 33.8 Å². The smallest absolute Gasteiger partial charge is 0.412 e. The number of halogens is 1. The molecule has 21 heavy (non-hydrogen) atoms. The highest BCUT2D eigenvalue weighted by Crippen LogP contribution is 2.14. The number of hydrogen-bond acceptors (Lipinski definition) is 2. The van der Waals surface area contributed by atoms with Crippen LogP contribution in [-0.4, -0.2) is 12.2 Å². The molecule has 0 aromatic heterocycles. The van der Waals surface area contributed by atoms with Gasteiger partial charge in [-0.05, 0) is 42.8 Å². The first-order valence-corrected chi connectivity index (χ1v) is 7.39.